The van der Waals surface area contributed by atoms with Crippen LogP contribution in [-0.4, -0.2) is 32.6 Å². The van der Waals surface area contributed by atoms with Gasteiger partial charge in [0.25, 0.3) is 5.91 Å². The van der Waals surface area contributed by atoms with Crippen molar-refractivity contribution in [3.8, 4) is 0 Å². The second-order valence-electron chi connectivity index (χ2n) is 7.99. The van der Waals surface area contributed by atoms with E-state index in [0.29, 0.717) is 16.6 Å². The van der Waals surface area contributed by atoms with E-state index in [4.69, 9.17) is 0 Å². The van der Waals surface area contributed by atoms with Gasteiger partial charge in [0.05, 0.1) is 22.7 Å². The van der Waals surface area contributed by atoms with Crippen molar-refractivity contribution >= 4 is 16.9 Å². The molecular formula is C22H25F3N4O. The number of rotatable bonds is 5. The summed E-state index contributed by atoms with van der Waals surface area (Å²) in [5, 5.41) is 4.95. The molecule has 5 nitrogen and oxygen atoms in total. The molecule has 8 heteroatoms. The number of pyridine rings is 1. The van der Waals surface area contributed by atoms with Crippen LogP contribution in [0.2, 0.25) is 0 Å². The fourth-order valence-corrected chi connectivity index (χ4v) is 3.36. The second kappa shape index (κ2) is 8.08. The van der Waals surface area contributed by atoms with E-state index in [9.17, 15) is 18.0 Å². The smallest absolute Gasteiger partial charge is 0.337 e. The quantitative estimate of drug-likeness (QED) is 0.555. The summed E-state index contributed by atoms with van der Waals surface area (Å²) in [4.78, 5) is 19.2. The highest BCUT2D eigenvalue weighted by Crippen LogP contribution is 2.33. The van der Waals surface area contributed by atoms with E-state index < -0.39 is 11.7 Å². The van der Waals surface area contributed by atoms with E-state index in [1.807, 2.05) is 27.7 Å². The molecule has 3 rings (SSSR count). The summed E-state index contributed by atoms with van der Waals surface area (Å²) in [5.74, 6) is -0.294. The predicted octanol–water partition coefficient (Wildman–Crippen LogP) is 5.43. The minimum atomic E-state index is -4.48. The molecule has 160 valence electrons. The van der Waals surface area contributed by atoms with Gasteiger partial charge in [-0.3, -0.25) is 4.79 Å². The van der Waals surface area contributed by atoms with Gasteiger partial charge in [0.15, 0.2) is 5.65 Å². The molecule has 0 aliphatic heterocycles. The Morgan fingerprint density at radius 2 is 1.83 bits per heavy atom. The summed E-state index contributed by atoms with van der Waals surface area (Å²) in [6.45, 7) is 7.73. The molecule has 2 aromatic heterocycles. The maximum Gasteiger partial charge on any atom is 0.416 e. The van der Waals surface area contributed by atoms with Crippen molar-refractivity contribution in [1.82, 2.24) is 19.7 Å². The first-order valence-electron chi connectivity index (χ1n) is 9.79. The molecule has 30 heavy (non-hydrogen) atoms. The van der Waals surface area contributed by atoms with Gasteiger partial charge in [0.2, 0.25) is 0 Å². The van der Waals surface area contributed by atoms with E-state index in [0.717, 1.165) is 11.8 Å². The summed E-state index contributed by atoms with van der Waals surface area (Å²) in [6, 6.07) is 7.07. The standard InChI is InChI=1S/C22H25F3N4O/c1-13(2)19-10-16(17-11-26-29(14(3)4)20(17)27-19)21(30)28(5)12-15-8-6-7-9-18(15)22(23,24)25/h6-11,13-14H,12H2,1-5H3. The summed E-state index contributed by atoms with van der Waals surface area (Å²) < 4.78 is 41.7. The summed E-state index contributed by atoms with van der Waals surface area (Å²) in [7, 11) is 1.50. The lowest BCUT2D eigenvalue weighted by Gasteiger charge is -2.21. The molecule has 0 atom stereocenters. The molecular weight excluding hydrogens is 393 g/mol. The van der Waals surface area contributed by atoms with Crippen molar-refractivity contribution in [1.29, 1.82) is 0 Å². The lowest BCUT2D eigenvalue weighted by molar-refractivity contribution is -0.138. The fraction of sp³-hybridized carbons (Fsp3) is 0.409. The van der Waals surface area contributed by atoms with Gasteiger partial charge < -0.3 is 4.90 Å². The molecule has 1 amide bonds. The van der Waals surface area contributed by atoms with Crippen LogP contribution in [0.5, 0.6) is 0 Å². The molecule has 3 aromatic rings. The number of alkyl halides is 3. The van der Waals surface area contributed by atoms with Crippen molar-refractivity contribution < 1.29 is 18.0 Å². The van der Waals surface area contributed by atoms with Gasteiger partial charge >= 0.3 is 6.18 Å². The molecule has 0 saturated heterocycles. The number of amides is 1. The van der Waals surface area contributed by atoms with Crippen LogP contribution >= 0.6 is 0 Å². The maximum atomic E-state index is 13.3. The van der Waals surface area contributed by atoms with Crippen LogP contribution in [0.3, 0.4) is 0 Å². The highest BCUT2D eigenvalue weighted by Gasteiger charge is 2.33. The van der Waals surface area contributed by atoms with Crippen LogP contribution in [0.1, 0.15) is 66.8 Å². The third-order valence-corrected chi connectivity index (χ3v) is 4.97. The SMILES string of the molecule is CC(C)c1cc(C(=O)N(C)Cc2ccccc2C(F)(F)F)c2cnn(C(C)C)c2n1. The Morgan fingerprint density at radius 1 is 1.17 bits per heavy atom. The van der Waals surface area contributed by atoms with Crippen molar-refractivity contribution in [2.75, 3.05) is 7.05 Å². The molecule has 0 saturated carbocycles. The highest BCUT2D eigenvalue weighted by molar-refractivity contribution is 6.05. The van der Waals surface area contributed by atoms with Crippen LogP contribution in [-0.2, 0) is 12.7 Å². The number of fused-ring (bicyclic) bond motifs is 1. The zero-order chi connectivity index (χ0) is 22.2. The minimum Gasteiger partial charge on any atom is -0.337 e. The van der Waals surface area contributed by atoms with Gasteiger partial charge in [0, 0.05) is 25.3 Å². The lowest BCUT2D eigenvalue weighted by atomic mass is 10.0. The van der Waals surface area contributed by atoms with Crippen molar-refractivity contribution in [2.24, 2.45) is 0 Å². The first-order valence-corrected chi connectivity index (χ1v) is 9.79. The number of carbonyl (C=O) groups excluding carboxylic acids is 1. The van der Waals surface area contributed by atoms with Gasteiger partial charge in [-0.05, 0) is 37.5 Å². The van der Waals surface area contributed by atoms with Crippen LogP contribution in [0.15, 0.2) is 36.5 Å². The van der Waals surface area contributed by atoms with E-state index in [-0.39, 0.29) is 30.0 Å². The lowest BCUT2D eigenvalue weighted by Crippen LogP contribution is -2.28. The van der Waals surface area contributed by atoms with E-state index >= 15 is 0 Å². The van der Waals surface area contributed by atoms with Gasteiger partial charge in [-0.15, -0.1) is 0 Å². The molecule has 2 heterocycles. The number of halogens is 3. The Labute approximate surface area is 173 Å². The molecule has 0 bridgehead atoms. The fourth-order valence-electron chi connectivity index (χ4n) is 3.36. The number of benzene rings is 1. The molecule has 0 spiro atoms. The van der Waals surface area contributed by atoms with Crippen LogP contribution < -0.4 is 0 Å². The first kappa shape index (κ1) is 21.8. The Bertz CT molecular complexity index is 1070. The molecule has 0 N–H and O–H groups in total. The van der Waals surface area contributed by atoms with Gasteiger partial charge in [-0.1, -0.05) is 32.0 Å². The maximum absolute atomic E-state index is 13.3. The number of carbonyl (C=O) groups is 1. The zero-order valence-electron chi connectivity index (χ0n) is 17.7. The van der Waals surface area contributed by atoms with E-state index in [1.165, 1.54) is 30.1 Å². The topological polar surface area (TPSA) is 51.0 Å². The molecule has 1 aromatic carbocycles. The van der Waals surface area contributed by atoms with Gasteiger partial charge in [0.1, 0.15) is 0 Å². The summed E-state index contributed by atoms with van der Waals surface area (Å²) in [5.41, 5.74) is 1.04. The van der Waals surface area contributed by atoms with E-state index in [2.05, 4.69) is 10.1 Å². The Kier molecular flexibility index (Phi) is 5.87. The molecule has 0 aliphatic carbocycles. The summed E-state index contributed by atoms with van der Waals surface area (Å²) in [6.07, 6.45) is -2.88. The Morgan fingerprint density at radius 3 is 2.43 bits per heavy atom. The van der Waals surface area contributed by atoms with E-state index in [1.54, 1.807) is 16.9 Å². The Hall–Kier alpha value is -2.90. The van der Waals surface area contributed by atoms with Crippen LogP contribution in [0.4, 0.5) is 13.2 Å². The van der Waals surface area contributed by atoms with Gasteiger partial charge in [-0.2, -0.15) is 18.3 Å². The monoisotopic (exact) mass is 418 g/mol. The minimum absolute atomic E-state index is 0.0492. The van der Waals surface area contributed by atoms with Crippen LogP contribution in [0.25, 0.3) is 11.0 Å². The molecule has 0 radical (unpaired) electrons. The predicted molar refractivity (Wildman–Crippen MR) is 109 cm³/mol. The first-order chi connectivity index (χ1) is 14.0. The van der Waals surface area contributed by atoms with Crippen molar-refractivity contribution in [3.63, 3.8) is 0 Å². The van der Waals surface area contributed by atoms with Crippen LogP contribution in [0, 0.1) is 0 Å². The number of nitrogens with zero attached hydrogens (tertiary/aromatic N) is 4. The molecule has 0 fully saturated rings. The molecule has 0 unspecified atom stereocenters. The average Bonchev–Trinajstić information content (AvgIpc) is 3.10. The second-order valence-corrected chi connectivity index (χ2v) is 7.99. The summed E-state index contributed by atoms with van der Waals surface area (Å²) >= 11 is 0. The van der Waals surface area contributed by atoms with Crippen molar-refractivity contribution in [2.45, 2.75) is 52.4 Å². The number of hydrogen-bond acceptors (Lipinski definition) is 3. The number of hydrogen-bond donors (Lipinski definition) is 0. The third-order valence-electron chi connectivity index (χ3n) is 4.97. The normalized spacial score (nSPS) is 12.2. The van der Waals surface area contributed by atoms with Gasteiger partial charge in [-0.25, -0.2) is 9.67 Å². The third kappa shape index (κ3) is 4.17. The van der Waals surface area contributed by atoms with Crippen molar-refractivity contribution in [3.05, 3.63) is 58.9 Å². The number of aromatic nitrogens is 3. The average molecular weight is 418 g/mol. The molecule has 0 aliphatic rings. The zero-order valence-corrected chi connectivity index (χ0v) is 17.7. The Balaban J connectivity index is 2.03. The highest BCUT2D eigenvalue weighted by atomic mass is 19.4. The largest absolute Gasteiger partial charge is 0.416 e.